The van der Waals surface area contributed by atoms with E-state index in [1.165, 1.54) is 9.78 Å². The number of hydrogen-bond donors (Lipinski definition) is 1. The van der Waals surface area contributed by atoms with E-state index in [-0.39, 0.29) is 11.9 Å². The van der Waals surface area contributed by atoms with Crippen molar-refractivity contribution in [3.63, 3.8) is 0 Å². The van der Waals surface area contributed by atoms with Crippen LogP contribution >= 0.6 is 11.3 Å². The average molecular weight is 362 g/mol. The highest BCUT2D eigenvalue weighted by Gasteiger charge is 2.54. The molecule has 0 bridgehead atoms. The zero-order valence-electron chi connectivity index (χ0n) is 14.2. The van der Waals surface area contributed by atoms with Crippen molar-refractivity contribution >= 4 is 34.0 Å². The van der Waals surface area contributed by atoms with Gasteiger partial charge in [-0.25, -0.2) is 4.79 Å². The molecule has 0 radical (unpaired) electrons. The molecule has 1 N–H and O–H groups in total. The van der Waals surface area contributed by atoms with Crippen LogP contribution in [0.15, 0.2) is 53.9 Å². The van der Waals surface area contributed by atoms with Crippen LogP contribution in [0.4, 0.5) is 4.79 Å². The van der Waals surface area contributed by atoms with E-state index in [1.807, 2.05) is 53.9 Å². The van der Waals surface area contributed by atoms with E-state index < -0.39 is 5.54 Å². The summed E-state index contributed by atoms with van der Waals surface area (Å²) in [5.41, 5.74) is 1.12. The summed E-state index contributed by atoms with van der Waals surface area (Å²) in [5.74, 6) is -0.116. The van der Waals surface area contributed by atoms with E-state index in [2.05, 4.69) is 5.32 Å². The zero-order valence-corrected chi connectivity index (χ0v) is 15.0. The van der Waals surface area contributed by atoms with Crippen LogP contribution < -0.4 is 5.32 Å². The Balaban J connectivity index is 1.54. The Bertz CT molecular complexity index is 1040. The average Bonchev–Trinajstić information content (AvgIpc) is 3.23. The van der Waals surface area contributed by atoms with Gasteiger partial charge < -0.3 is 5.32 Å². The van der Waals surface area contributed by atoms with Crippen molar-refractivity contribution < 1.29 is 9.59 Å². The third kappa shape index (κ3) is 2.13. The van der Waals surface area contributed by atoms with E-state index in [1.54, 1.807) is 11.3 Å². The second kappa shape index (κ2) is 5.68. The predicted octanol–water partition coefficient (Wildman–Crippen LogP) is 4.18. The Morgan fingerprint density at radius 2 is 1.92 bits per heavy atom. The van der Waals surface area contributed by atoms with Crippen LogP contribution in [0, 0.1) is 0 Å². The number of thiophene rings is 1. The Morgan fingerprint density at radius 3 is 2.85 bits per heavy atom. The monoisotopic (exact) mass is 362 g/mol. The van der Waals surface area contributed by atoms with E-state index >= 15 is 0 Å². The van der Waals surface area contributed by atoms with Crippen molar-refractivity contribution in [3.8, 4) is 0 Å². The molecule has 0 unspecified atom stereocenters. The summed E-state index contributed by atoms with van der Waals surface area (Å²) in [6.07, 6.45) is 2.58. The molecule has 5 heteroatoms. The molecule has 26 heavy (non-hydrogen) atoms. The molecule has 1 saturated heterocycles. The molecule has 1 aromatic heterocycles. The van der Waals surface area contributed by atoms with Gasteiger partial charge in [0.15, 0.2) is 0 Å². The molecular weight excluding hydrogens is 344 g/mol. The SMILES string of the molecule is O=C1N[C@@]2(CCCc3sccc32)C(=O)N1Cc1cccc2ccccc12. The molecule has 1 aliphatic heterocycles. The van der Waals surface area contributed by atoms with Gasteiger partial charge in [0, 0.05) is 10.4 Å². The molecule has 130 valence electrons. The molecule has 4 nitrogen and oxygen atoms in total. The van der Waals surface area contributed by atoms with Crippen LogP contribution in [0.2, 0.25) is 0 Å². The fourth-order valence-electron chi connectivity index (χ4n) is 4.29. The van der Waals surface area contributed by atoms with Gasteiger partial charge in [0.1, 0.15) is 5.54 Å². The topological polar surface area (TPSA) is 49.4 Å². The standard InChI is InChI=1S/C21H18N2O2S/c24-19-21(11-4-9-18-17(21)10-12-26-18)22-20(25)23(19)13-15-7-3-6-14-5-1-2-8-16(14)15/h1-3,5-8,10,12H,4,9,11,13H2,(H,22,25)/t21-/m1/s1. The highest BCUT2D eigenvalue weighted by atomic mass is 32.1. The normalized spacial score (nSPS) is 22.1. The maximum atomic E-state index is 13.3. The van der Waals surface area contributed by atoms with Crippen LogP contribution in [0.1, 0.15) is 28.8 Å². The molecular formula is C21H18N2O2S. The number of nitrogens with zero attached hydrogens (tertiary/aromatic N) is 1. The fourth-order valence-corrected chi connectivity index (χ4v) is 5.29. The van der Waals surface area contributed by atoms with E-state index in [0.29, 0.717) is 13.0 Å². The Hall–Kier alpha value is -2.66. The third-order valence-corrected chi connectivity index (χ3v) is 6.53. The van der Waals surface area contributed by atoms with Gasteiger partial charge in [0.2, 0.25) is 0 Å². The van der Waals surface area contributed by atoms with Crippen molar-refractivity contribution in [3.05, 3.63) is 69.9 Å². The number of urea groups is 1. The van der Waals surface area contributed by atoms with E-state index in [4.69, 9.17) is 0 Å². The molecule has 2 aromatic carbocycles. The predicted molar refractivity (Wildman–Crippen MR) is 102 cm³/mol. The van der Waals surface area contributed by atoms with Crippen LogP contribution in [0.5, 0.6) is 0 Å². The van der Waals surface area contributed by atoms with E-state index in [9.17, 15) is 9.59 Å². The third-order valence-electron chi connectivity index (χ3n) is 5.54. The highest BCUT2D eigenvalue weighted by molar-refractivity contribution is 7.10. The van der Waals surface area contributed by atoms with Crippen LogP contribution in [0.3, 0.4) is 0 Å². The van der Waals surface area contributed by atoms with Crippen molar-refractivity contribution in [2.45, 2.75) is 31.3 Å². The summed E-state index contributed by atoms with van der Waals surface area (Å²) >= 11 is 1.67. The molecule has 3 amide bonds. The smallest absolute Gasteiger partial charge is 0.319 e. The number of rotatable bonds is 2. The number of imide groups is 1. The summed E-state index contributed by atoms with van der Waals surface area (Å²) in [5, 5.41) is 7.24. The minimum absolute atomic E-state index is 0.116. The van der Waals surface area contributed by atoms with Gasteiger partial charge in [-0.1, -0.05) is 42.5 Å². The molecule has 1 atom stereocenters. The number of benzene rings is 2. The Kier molecular flexibility index (Phi) is 3.40. The van der Waals surface area contributed by atoms with Crippen LogP contribution in [0.25, 0.3) is 10.8 Å². The number of carbonyl (C=O) groups excluding carboxylic acids is 2. The lowest BCUT2D eigenvalue weighted by atomic mass is 9.80. The number of amides is 3. The molecule has 1 fully saturated rings. The van der Waals surface area contributed by atoms with Gasteiger partial charge in [-0.2, -0.15) is 0 Å². The lowest BCUT2D eigenvalue weighted by Crippen LogP contribution is -2.46. The summed E-state index contributed by atoms with van der Waals surface area (Å²) in [6.45, 7) is 0.299. The Morgan fingerprint density at radius 1 is 1.08 bits per heavy atom. The van der Waals surface area contributed by atoms with Gasteiger partial charge in [0.25, 0.3) is 5.91 Å². The van der Waals surface area contributed by atoms with Crippen molar-refractivity contribution in [2.24, 2.45) is 0 Å². The number of fused-ring (bicyclic) bond motifs is 3. The van der Waals surface area contributed by atoms with Crippen LogP contribution in [-0.2, 0) is 23.3 Å². The largest absolute Gasteiger partial charge is 0.325 e. The van der Waals surface area contributed by atoms with E-state index in [0.717, 1.165) is 34.7 Å². The van der Waals surface area contributed by atoms with Gasteiger partial charge in [-0.05, 0) is 47.0 Å². The highest BCUT2D eigenvalue weighted by Crippen LogP contribution is 2.42. The summed E-state index contributed by atoms with van der Waals surface area (Å²) in [6, 6.07) is 15.8. The minimum atomic E-state index is -0.866. The number of carbonyl (C=O) groups is 2. The first-order valence-electron chi connectivity index (χ1n) is 8.87. The van der Waals surface area contributed by atoms with Crippen molar-refractivity contribution in [2.75, 3.05) is 0 Å². The van der Waals surface area contributed by atoms with Gasteiger partial charge in [0.05, 0.1) is 6.54 Å². The minimum Gasteiger partial charge on any atom is -0.319 e. The zero-order chi connectivity index (χ0) is 17.7. The van der Waals surface area contributed by atoms with Gasteiger partial charge in [-0.3, -0.25) is 9.69 Å². The second-order valence-electron chi connectivity index (χ2n) is 6.98. The summed E-state index contributed by atoms with van der Waals surface area (Å²) in [7, 11) is 0. The first-order chi connectivity index (χ1) is 12.7. The maximum absolute atomic E-state index is 13.3. The number of nitrogens with one attached hydrogen (secondary N) is 1. The first kappa shape index (κ1) is 15.6. The molecule has 5 rings (SSSR count). The maximum Gasteiger partial charge on any atom is 0.325 e. The molecule has 1 aliphatic carbocycles. The summed E-state index contributed by atoms with van der Waals surface area (Å²) < 4.78 is 0. The van der Waals surface area contributed by atoms with Gasteiger partial charge in [-0.15, -0.1) is 11.3 Å². The van der Waals surface area contributed by atoms with Gasteiger partial charge >= 0.3 is 6.03 Å². The quantitative estimate of drug-likeness (QED) is 0.695. The molecule has 1 spiro atoms. The number of aryl methyl sites for hydroxylation is 1. The van der Waals surface area contributed by atoms with Crippen molar-refractivity contribution in [1.29, 1.82) is 0 Å². The van der Waals surface area contributed by atoms with Crippen molar-refractivity contribution in [1.82, 2.24) is 10.2 Å². The molecule has 2 heterocycles. The lowest BCUT2D eigenvalue weighted by Gasteiger charge is -2.31. The first-order valence-corrected chi connectivity index (χ1v) is 9.75. The fraction of sp³-hybridized carbons (Fsp3) is 0.238. The lowest BCUT2D eigenvalue weighted by molar-refractivity contribution is -0.132. The molecule has 2 aliphatic rings. The molecule has 0 saturated carbocycles. The van der Waals surface area contributed by atoms with Crippen LogP contribution in [-0.4, -0.2) is 16.8 Å². The number of hydrogen-bond acceptors (Lipinski definition) is 3. The second-order valence-corrected chi connectivity index (χ2v) is 7.98. The molecule has 3 aromatic rings. The summed E-state index contributed by atoms with van der Waals surface area (Å²) in [4.78, 5) is 28.7. The Labute approximate surface area is 155 Å².